The van der Waals surface area contributed by atoms with E-state index in [1.807, 2.05) is 29.2 Å². The molecule has 2 amide bonds. The molecular weight excluding hydrogens is 439 g/mol. The summed E-state index contributed by atoms with van der Waals surface area (Å²) in [4.78, 5) is 30.1. The molecule has 8 heteroatoms. The van der Waals surface area contributed by atoms with Crippen LogP contribution in [0.4, 0.5) is 10.1 Å². The Hall–Kier alpha value is -2.97. The largest absolute Gasteiger partial charge is 0.497 e. The SMILES string of the molecule is COc1ccc(C2(C(=O)N3CC[C@@]4(C3)CN(c3ccc(F)cc3)C(=O)CO4)CCOCC2)cc1. The molecule has 0 aliphatic carbocycles. The number of anilines is 1. The fraction of sp³-hybridized carbons (Fsp3) is 0.462. The maximum Gasteiger partial charge on any atom is 0.253 e. The first-order valence-corrected chi connectivity index (χ1v) is 11.7. The lowest BCUT2D eigenvalue weighted by molar-refractivity contribution is -0.144. The lowest BCUT2D eigenvalue weighted by atomic mass is 9.73. The summed E-state index contributed by atoms with van der Waals surface area (Å²) in [6, 6.07) is 13.6. The zero-order chi connectivity index (χ0) is 23.8. The lowest BCUT2D eigenvalue weighted by Gasteiger charge is -2.42. The summed E-state index contributed by atoms with van der Waals surface area (Å²) in [5.74, 6) is 0.310. The Labute approximate surface area is 198 Å². The van der Waals surface area contributed by atoms with Gasteiger partial charge in [-0.15, -0.1) is 0 Å². The second-order valence-corrected chi connectivity index (χ2v) is 9.33. The fourth-order valence-electron chi connectivity index (χ4n) is 5.39. The van der Waals surface area contributed by atoms with Gasteiger partial charge in [0.1, 0.15) is 23.8 Å². The molecule has 3 heterocycles. The summed E-state index contributed by atoms with van der Waals surface area (Å²) in [7, 11) is 1.62. The van der Waals surface area contributed by atoms with E-state index < -0.39 is 11.0 Å². The number of hydrogen-bond donors (Lipinski definition) is 0. The standard InChI is InChI=1S/C26H29FN2O5/c1-32-22-8-2-19(3-9-22)26(11-14-33-15-12-26)24(31)28-13-10-25(17-28)18-29(23(30)16-34-25)21-6-4-20(27)5-7-21/h2-9H,10-18H2,1H3/t25-/m1/s1. The maximum absolute atomic E-state index is 14.0. The highest BCUT2D eigenvalue weighted by molar-refractivity contribution is 5.95. The Balaban J connectivity index is 1.37. The monoisotopic (exact) mass is 468 g/mol. The number of likely N-dealkylation sites (tertiary alicyclic amines) is 1. The van der Waals surface area contributed by atoms with Crippen LogP contribution in [0.2, 0.25) is 0 Å². The molecule has 34 heavy (non-hydrogen) atoms. The molecule has 1 atom stereocenters. The number of ether oxygens (including phenoxy) is 3. The van der Waals surface area contributed by atoms with E-state index in [1.165, 1.54) is 12.1 Å². The molecule has 3 aliphatic heterocycles. The van der Waals surface area contributed by atoms with Gasteiger partial charge in [-0.2, -0.15) is 0 Å². The van der Waals surface area contributed by atoms with Gasteiger partial charge in [0.15, 0.2) is 0 Å². The molecule has 7 nitrogen and oxygen atoms in total. The number of amides is 2. The first-order valence-electron chi connectivity index (χ1n) is 11.7. The zero-order valence-electron chi connectivity index (χ0n) is 19.3. The van der Waals surface area contributed by atoms with Crippen LogP contribution in [0.3, 0.4) is 0 Å². The van der Waals surface area contributed by atoms with Crippen molar-refractivity contribution in [3.8, 4) is 5.75 Å². The Morgan fingerprint density at radius 3 is 2.38 bits per heavy atom. The average molecular weight is 469 g/mol. The molecule has 0 aromatic heterocycles. The smallest absolute Gasteiger partial charge is 0.253 e. The molecule has 5 rings (SSSR count). The minimum atomic E-state index is -0.656. The molecule has 0 unspecified atom stereocenters. The van der Waals surface area contributed by atoms with Crippen molar-refractivity contribution in [2.24, 2.45) is 0 Å². The highest BCUT2D eigenvalue weighted by Crippen LogP contribution is 2.40. The van der Waals surface area contributed by atoms with Crippen molar-refractivity contribution in [3.05, 3.63) is 59.9 Å². The van der Waals surface area contributed by atoms with E-state index in [4.69, 9.17) is 14.2 Å². The summed E-state index contributed by atoms with van der Waals surface area (Å²) in [5.41, 5.74) is 0.315. The number of morpholine rings is 1. The third-order valence-corrected chi connectivity index (χ3v) is 7.39. The van der Waals surface area contributed by atoms with Crippen molar-refractivity contribution < 1.29 is 28.2 Å². The van der Waals surface area contributed by atoms with E-state index in [9.17, 15) is 14.0 Å². The third kappa shape index (κ3) is 4.05. The van der Waals surface area contributed by atoms with Crippen LogP contribution in [-0.2, 0) is 24.5 Å². The van der Waals surface area contributed by atoms with Crippen molar-refractivity contribution in [1.29, 1.82) is 0 Å². The first-order chi connectivity index (χ1) is 16.4. The topological polar surface area (TPSA) is 68.3 Å². The van der Waals surface area contributed by atoms with E-state index in [-0.39, 0.29) is 24.2 Å². The summed E-state index contributed by atoms with van der Waals surface area (Å²) < 4.78 is 30.3. The second-order valence-electron chi connectivity index (χ2n) is 9.33. The van der Waals surface area contributed by atoms with Gasteiger partial charge in [0, 0.05) is 25.4 Å². The van der Waals surface area contributed by atoms with Crippen LogP contribution in [0, 0.1) is 5.82 Å². The lowest BCUT2D eigenvalue weighted by Crippen LogP contribution is -2.57. The quantitative estimate of drug-likeness (QED) is 0.690. The molecule has 0 bridgehead atoms. The zero-order valence-corrected chi connectivity index (χ0v) is 19.3. The Kier molecular flexibility index (Phi) is 6.04. The molecule has 3 fully saturated rings. The molecule has 0 radical (unpaired) electrons. The van der Waals surface area contributed by atoms with Gasteiger partial charge < -0.3 is 24.0 Å². The molecule has 0 N–H and O–H groups in total. The molecule has 3 saturated heterocycles. The van der Waals surface area contributed by atoms with Gasteiger partial charge in [0.2, 0.25) is 5.91 Å². The molecule has 2 aromatic rings. The van der Waals surface area contributed by atoms with Gasteiger partial charge in [0.05, 0.1) is 25.6 Å². The van der Waals surface area contributed by atoms with Gasteiger partial charge in [-0.1, -0.05) is 12.1 Å². The van der Waals surface area contributed by atoms with Crippen molar-refractivity contribution in [3.63, 3.8) is 0 Å². The molecule has 3 aliphatic rings. The summed E-state index contributed by atoms with van der Waals surface area (Å²) in [6.07, 6.45) is 1.87. The highest BCUT2D eigenvalue weighted by Gasteiger charge is 2.51. The normalized spacial score (nSPS) is 24.5. The van der Waals surface area contributed by atoms with Crippen LogP contribution in [0.1, 0.15) is 24.8 Å². The van der Waals surface area contributed by atoms with E-state index >= 15 is 0 Å². The number of carbonyl (C=O) groups excluding carboxylic acids is 2. The van der Waals surface area contributed by atoms with E-state index in [1.54, 1.807) is 24.1 Å². The first kappa shape index (κ1) is 22.8. The van der Waals surface area contributed by atoms with Gasteiger partial charge in [-0.25, -0.2) is 4.39 Å². The summed E-state index contributed by atoms with van der Waals surface area (Å²) >= 11 is 0. The number of rotatable bonds is 4. The Morgan fingerprint density at radius 2 is 1.71 bits per heavy atom. The minimum Gasteiger partial charge on any atom is -0.497 e. The predicted molar refractivity (Wildman–Crippen MR) is 123 cm³/mol. The summed E-state index contributed by atoms with van der Waals surface area (Å²) in [6.45, 7) is 2.30. The number of benzene rings is 2. The van der Waals surface area contributed by atoms with Gasteiger partial charge in [0.25, 0.3) is 5.91 Å². The number of nitrogens with zero attached hydrogens (tertiary/aromatic N) is 2. The predicted octanol–water partition coefficient (Wildman–Crippen LogP) is 2.92. The second kappa shape index (κ2) is 9.00. The van der Waals surface area contributed by atoms with Crippen LogP contribution < -0.4 is 9.64 Å². The van der Waals surface area contributed by atoms with Gasteiger partial charge in [-0.3, -0.25) is 9.59 Å². The fourth-order valence-corrected chi connectivity index (χ4v) is 5.39. The number of carbonyl (C=O) groups is 2. The highest BCUT2D eigenvalue weighted by atomic mass is 19.1. The summed E-state index contributed by atoms with van der Waals surface area (Å²) in [5, 5.41) is 0. The number of hydrogen-bond acceptors (Lipinski definition) is 5. The molecule has 1 spiro atoms. The third-order valence-electron chi connectivity index (χ3n) is 7.39. The van der Waals surface area contributed by atoms with Crippen LogP contribution >= 0.6 is 0 Å². The van der Waals surface area contributed by atoms with Crippen LogP contribution in [0.25, 0.3) is 0 Å². The van der Waals surface area contributed by atoms with E-state index in [0.29, 0.717) is 57.8 Å². The van der Waals surface area contributed by atoms with Crippen molar-refractivity contribution >= 4 is 17.5 Å². The molecule has 180 valence electrons. The van der Waals surface area contributed by atoms with Crippen LogP contribution in [0.15, 0.2) is 48.5 Å². The Bertz CT molecular complexity index is 1050. The van der Waals surface area contributed by atoms with E-state index in [0.717, 1.165) is 11.3 Å². The minimum absolute atomic E-state index is 0.0587. The van der Waals surface area contributed by atoms with Gasteiger partial charge in [-0.05, 0) is 61.2 Å². The molecule has 2 aromatic carbocycles. The maximum atomic E-state index is 14.0. The van der Waals surface area contributed by atoms with Crippen molar-refractivity contribution in [2.45, 2.75) is 30.3 Å². The number of methoxy groups -OCH3 is 1. The van der Waals surface area contributed by atoms with Crippen LogP contribution in [-0.4, -0.2) is 68.9 Å². The van der Waals surface area contributed by atoms with E-state index in [2.05, 4.69) is 0 Å². The Morgan fingerprint density at radius 1 is 1.00 bits per heavy atom. The number of halogens is 1. The van der Waals surface area contributed by atoms with Gasteiger partial charge >= 0.3 is 0 Å². The molecule has 0 saturated carbocycles. The average Bonchev–Trinajstić information content (AvgIpc) is 3.29. The molecular formula is C26H29FN2O5. The van der Waals surface area contributed by atoms with Crippen molar-refractivity contribution in [2.75, 3.05) is 51.5 Å². The van der Waals surface area contributed by atoms with Crippen molar-refractivity contribution in [1.82, 2.24) is 4.90 Å². The van der Waals surface area contributed by atoms with Crippen LogP contribution in [0.5, 0.6) is 5.75 Å².